The number of furan rings is 2. The van der Waals surface area contributed by atoms with E-state index in [0.29, 0.717) is 45.3 Å². The summed E-state index contributed by atoms with van der Waals surface area (Å²) in [7, 11) is 0. The minimum Gasteiger partial charge on any atom is -0.463 e. The first-order valence-corrected chi connectivity index (χ1v) is 9.36. The van der Waals surface area contributed by atoms with Crippen molar-refractivity contribution in [1.29, 1.82) is 0 Å². The van der Waals surface area contributed by atoms with Gasteiger partial charge in [-0.3, -0.25) is 0 Å². The van der Waals surface area contributed by atoms with Crippen LogP contribution in [0.1, 0.15) is 15.9 Å². The van der Waals surface area contributed by atoms with Crippen LogP contribution in [0.3, 0.4) is 0 Å². The van der Waals surface area contributed by atoms with Crippen LogP contribution < -0.4 is 4.74 Å². The smallest absolute Gasteiger partial charge is 0.343 e. The standard InChI is InChI=1S/C24H16N2O4/c1-15-6-9-17(10-7-15)30-24(27)16-8-11-18-19(14-16)26-23(21-5-3-13-29-21)22(25-18)20-4-2-12-28-20/h2-14H,1H3. The number of aryl methyl sites for hydroxylation is 1. The lowest BCUT2D eigenvalue weighted by Crippen LogP contribution is -2.08. The molecule has 6 heteroatoms. The first-order chi connectivity index (χ1) is 14.7. The SMILES string of the molecule is Cc1ccc(OC(=O)c2ccc3nc(-c4ccco4)c(-c4ccco4)nc3c2)cc1. The molecule has 0 atom stereocenters. The maximum atomic E-state index is 12.6. The number of aromatic nitrogens is 2. The number of hydrogen-bond acceptors (Lipinski definition) is 6. The highest BCUT2D eigenvalue weighted by atomic mass is 16.5. The first kappa shape index (κ1) is 17.9. The summed E-state index contributed by atoms with van der Waals surface area (Å²) in [4.78, 5) is 22.0. The first-order valence-electron chi connectivity index (χ1n) is 9.36. The van der Waals surface area contributed by atoms with Crippen molar-refractivity contribution in [2.24, 2.45) is 0 Å². The summed E-state index contributed by atoms with van der Waals surface area (Å²) in [6, 6.07) is 19.6. The van der Waals surface area contributed by atoms with Gasteiger partial charge in [0.05, 0.1) is 29.1 Å². The second-order valence-corrected chi connectivity index (χ2v) is 6.78. The second-order valence-electron chi connectivity index (χ2n) is 6.78. The number of nitrogens with zero attached hydrogens (tertiary/aromatic N) is 2. The average Bonchev–Trinajstić information content (AvgIpc) is 3.48. The highest BCUT2D eigenvalue weighted by molar-refractivity contribution is 5.95. The molecule has 5 aromatic rings. The van der Waals surface area contributed by atoms with Crippen molar-refractivity contribution in [3.05, 3.63) is 90.4 Å². The number of fused-ring (bicyclic) bond motifs is 1. The van der Waals surface area contributed by atoms with Crippen LogP contribution >= 0.6 is 0 Å². The van der Waals surface area contributed by atoms with Gasteiger partial charge in [-0.05, 0) is 61.5 Å². The van der Waals surface area contributed by atoms with Gasteiger partial charge in [-0.15, -0.1) is 0 Å². The Labute approximate surface area is 171 Å². The van der Waals surface area contributed by atoms with Crippen molar-refractivity contribution >= 4 is 17.0 Å². The monoisotopic (exact) mass is 396 g/mol. The zero-order chi connectivity index (χ0) is 20.5. The fraction of sp³-hybridized carbons (Fsp3) is 0.0417. The molecule has 2 aromatic carbocycles. The molecule has 0 saturated carbocycles. The number of carbonyl (C=O) groups is 1. The van der Waals surface area contributed by atoms with Gasteiger partial charge in [0.2, 0.25) is 0 Å². The number of rotatable bonds is 4. The lowest BCUT2D eigenvalue weighted by Gasteiger charge is -2.08. The molecular formula is C24H16N2O4. The normalized spacial score (nSPS) is 11.0. The molecule has 0 spiro atoms. The van der Waals surface area contributed by atoms with Gasteiger partial charge in [0.15, 0.2) is 11.5 Å². The molecular weight excluding hydrogens is 380 g/mol. The minimum absolute atomic E-state index is 0.383. The quantitative estimate of drug-likeness (QED) is 0.287. The van der Waals surface area contributed by atoms with Gasteiger partial charge in [-0.25, -0.2) is 14.8 Å². The summed E-state index contributed by atoms with van der Waals surface area (Å²) >= 11 is 0. The Kier molecular flexibility index (Phi) is 4.37. The second kappa shape index (κ2) is 7.33. The Bertz CT molecular complexity index is 1320. The zero-order valence-electron chi connectivity index (χ0n) is 16.0. The van der Waals surface area contributed by atoms with E-state index in [9.17, 15) is 4.79 Å². The Morgan fingerprint density at radius 1 is 0.800 bits per heavy atom. The van der Waals surface area contributed by atoms with Crippen LogP contribution in [-0.2, 0) is 0 Å². The molecule has 0 aliphatic rings. The highest BCUT2D eigenvalue weighted by Crippen LogP contribution is 2.31. The van der Waals surface area contributed by atoms with Crippen molar-refractivity contribution < 1.29 is 18.4 Å². The number of benzene rings is 2. The largest absolute Gasteiger partial charge is 0.463 e. The predicted octanol–water partition coefficient (Wildman–Crippen LogP) is 5.68. The van der Waals surface area contributed by atoms with Crippen molar-refractivity contribution in [2.45, 2.75) is 6.92 Å². The van der Waals surface area contributed by atoms with Gasteiger partial charge in [0.1, 0.15) is 17.1 Å². The van der Waals surface area contributed by atoms with E-state index in [4.69, 9.17) is 23.5 Å². The third-order valence-corrected chi connectivity index (χ3v) is 4.64. The van der Waals surface area contributed by atoms with Crippen LogP contribution in [0.4, 0.5) is 0 Å². The van der Waals surface area contributed by atoms with Crippen LogP contribution in [0, 0.1) is 6.92 Å². The van der Waals surface area contributed by atoms with Crippen LogP contribution in [0.25, 0.3) is 33.9 Å². The minimum atomic E-state index is -0.461. The summed E-state index contributed by atoms with van der Waals surface area (Å²) in [6.45, 7) is 1.97. The Morgan fingerprint density at radius 2 is 1.43 bits per heavy atom. The topological polar surface area (TPSA) is 78.4 Å². The molecule has 0 saturated heterocycles. The van der Waals surface area contributed by atoms with E-state index in [1.54, 1.807) is 61.1 Å². The number of carbonyl (C=O) groups excluding carboxylic acids is 1. The van der Waals surface area contributed by atoms with Gasteiger partial charge in [0, 0.05) is 0 Å². The molecule has 0 bridgehead atoms. The van der Waals surface area contributed by atoms with Gasteiger partial charge in [0.25, 0.3) is 0 Å². The molecule has 0 radical (unpaired) electrons. The zero-order valence-corrected chi connectivity index (χ0v) is 16.0. The van der Waals surface area contributed by atoms with Crippen LogP contribution in [-0.4, -0.2) is 15.9 Å². The molecule has 6 nitrogen and oxygen atoms in total. The molecule has 0 unspecified atom stereocenters. The van der Waals surface area contributed by atoms with E-state index in [1.165, 1.54) is 0 Å². The number of hydrogen-bond donors (Lipinski definition) is 0. The predicted molar refractivity (Wildman–Crippen MR) is 111 cm³/mol. The third kappa shape index (κ3) is 3.35. The molecule has 0 aliphatic heterocycles. The molecule has 3 aromatic heterocycles. The van der Waals surface area contributed by atoms with E-state index in [2.05, 4.69) is 0 Å². The fourth-order valence-corrected chi connectivity index (χ4v) is 3.12. The van der Waals surface area contributed by atoms with Crippen LogP contribution in [0.5, 0.6) is 5.75 Å². The number of esters is 1. The molecule has 3 heterocycles. The number of ether oxygens (including phenoxy) is 1. The third-order valence-electron chi connectivity index (χ3n) is 4.64. The summed E-state index contributed by atoms with van der Waals surface area (Å²) in [5, 5.41) is 0. The van der Waals surface area contributed by atoms with E-state index in [1.807, 2.05) is 25.1 Å². The van der Waals surface area contributed by atoms with Crippen molar-refractivity contribution in [2.75, 3.05) is 0 Å². The van der Waals surface area contributed by atoms with Crippen molar-refractivity contribution in [3.63, 3.8) is 0 Å². The Balaban J connectivity index is 1.56. The lowest BCUT2D eigenvalue weighted by molar-refractivity contribution is 0.0735. The maximum Gasteiger partial charge on any atom is 0.343 e. The maximum absolute atomic E-state index is 12.6. The van der Waals surface area contributed by atoms with E-state index in [-0.39, 0.29) is 0 Å². The molecule has 30 heavy (non-hydrogen) atoms. The van der Waals surface area contributed by atoms with Gasteiger partial charge < -0.3 is 13.6 Å². The van der Waals surface area contributed by atoms with Crippen molar-refractivity contribution in [3.8, 4) is 28.7 Å². The van der Waals surface area contributed by atoms with Gasteiger partial charge in [-0.2, -0.15) is 0 Å². The Hall–Kier alpha value is -4.19. The fourth-order valence-electron chi connectivity index (χ4n) is 3.12. The van der Waals surface area contributed by atoms with Crippen molar-refractivity contribution in [1.82, 2.24) is 9.97 Å². The lowest BCUT2D eigenvalue weighted by atomic mass is 10.1. The molecule has 0 amide bonds. The highest BCUT2D eigenvalue weighted by Gasteiger charge is 2.18. The molecule has 5 rings (SSSR count). The summed E-state index contributed by atoms with van der Waals surface area (Å²) in [5.74, 6) is 1.17. The summed E-state index contributed by atoms with van der Waals surface area (Å²) in [5.41, 5.74) is 3.75. The van der Waals surface area contributed by atoms with Gasteiger partial charge in [-0.1, -0.05) is 17.7 Å². The van der Waals surface area contributed by atoms with Gasteiger partial charge >= 0.3 is 5.97 Å². The summed E-state index contributed by atoms with van der Waals surface area (Å²) < 4.78 is 16.5. The molecule has 0 aliphatic carbocycles. The van der Waals surface area contributed by atoms with E-state index in [0.717, 1.165) is 5.56 Å². The molecule has 0 fully saturated rings. The van der Waals surface area contributed by atoms with E-state index < -0.39 is 5.97 Å². The molecule has 146 valence electrons. The summed E-state index contributed by atoms with van der Waals surface area (Å²) in [6.07, 6.45) is 3.15. The molecule has 0 N–H and O–H groups in total. The van der Waals surface area contributed by atoms with Crippen LogP contribution in [0.15, 0.2) is 88.1 Å². The van der Waals surface area contributed by atoms with E-state index >= 15 is 0 Å². The van der Waals surface area contributed by atoms with Crippen LogP contribution in [0.2, 0.25) is 0 Å². The Morgan fingerprint density at radius 3 is 2.03 bits per heavy atom. The average molecular weight is 396 g/mol.